The molecule has 0 aliphatic rings. The van der Waals surface area contributed by atoms with Crippen LogP contribution in [0.2, 0.25) is 0 Å². The summed E-state index contributed by atoms with van der Waals surface area (Å²) in [5.41, 5.74) is 0.298. The maximum absolute atomic E-state index is 12.3. The number of carbonyl (C=O) groups is 1. The summed E-state index contributed by atoms with van der Waals surface area (Å²) in [7, 11) is -3.66. The Morgan fingerprint density at radius 3 is 2.17 bits per heavy atom. The van der Waals surface area contributed by atoms with Gasteiger partial charge in [-0.3, -0.25) is 4.79 Å². The number of hydrogen-bond acceptors (Lipinski definition) is 3. The van der Waals surface area contributed by atoms with Gasteiger partial charge in [0.25, 0.3) is 0 Å². The van der Waals surface area contributed by atoms with Crippen molar-refractivity contribution in [2.45, 2.75) is 24.5 Å². The SMILES string of the molecule is CCC(Cl)(C(=O)c1ccc(Br)cc1)S(=O)(=O)CC. The van der Waals surface area contributed by atoms with E-state index in [2.05, 4.69) is 15.9 Å². The van der Waals surface area contributed by atoms with Crippen molar-refractivity contribution < 1.29 is 13.2 Å². The van der Waals surface area contributed by atoms with Crippen LogP contribution in [0.3, 0.4) is 0 Å². The fourth-order valence-corrected chi connectivity index (χ4v) is 3.57. The molecule has 0 bridgehead atoms. The second-order valence-corrected chi connectivity index (χ2v) is 8.11. The average molecular weight is 354 g/mol. The number of alkyl halides is 1. The van der Waals surface area contributed by atoms with Gasteiger partial charge in [0.15, 0.2) is 15.6 Å². The zero-order valence-corrected chi connectivity index (χ0v) is 13.3. The lowest BCUT2D eigenvalue weighted by Crippen LogP contribution is -2.41. The molecule has 1 unspecified atom stereocenters. The normalized spacial score (nSPS) is 15.1. The zero-order valence-electron chi connectivity index (χ0n) is 10.1. The van der Waals surface area contributed by atoms with E-state index in [0.29, 0.717) is 5.56 Å². The van der Waals surface area contributed by atoms with Gasteiger partial charge < -0.3 is 0 Å². The van der Waals surface area contributed by atoms with E-state index in [1.54, 1.807) is 31.2 Å². The Morgan fingerprint density at radius 1 is 1.28 bits per heavy atom. The number of ketones is 1. The van der Waals surface area contributed by atoms with Crippen molar-refractivity contribution in [3.63, 3.8) is 0 Å². The number of hydrogen-bond donors (Lipinski definition) is 0. The van der Waals surface area contributed by atoms with Crippen molar-refractivity contribution in [3.8, 4) is 0 Å². The third-order valence-electron chi connectivity index (χ3n) is 2.77. The summed E-state index contributed by atoms with van der Waals surface area (Å²) >= 11 is 9.34. The first-order valence-electron chi connectivity index (χ1n) is 5.50. The summed E-state index contributed by atoms with van der Waals surface area (Å²) in [5.74, 6) is -0.729. The molecule has 1 aromatic rings. The van der Waals surface area contributed by atoms with Crippen LogP contribution in [0.15, 0.2) is 28.7 Å². The largest absolute Gasteiger partial charge is 0.291 e. The number of carbonyl (C=O) groups excluding carboxylic acids is 1. The van der Waals surface area contributed by atoms with E-state index in [-0.39, 0.29) is 12.2 Å². The molecule has 0 N–H and O–H groups in total. The predicted molar refractivity (Wildman–Crippen MR) is 76.8 cm³/mol. The Morgan fingerprint density at radius 2 is 1.78 bits per heavy atom. The lowest BCUT2D eigenvalue weighted by molar-refractivity contribution is 0.0970. The molecule has 1 rings (SSSR count). The van der Waals surface area contributed by atoms with E-state index in [9.17, 15) is 13.2 Å². The number of rotatable bonds is 5. The second kappa shape index (κ2) is 5.72. The Balaban J connectivity index is 3.26. The zero-order chi connectivity index (χ0) is 14.0. The first-order valence-corrected chi connectivity index (χ1v) is 8.32. The Kier molecular flexibility index (Phi) is 4.98. The Labute approximate surface area is 121 Å². The summed E-state index contributed by atoms with van der Waals surface area (Å²) in [6.07, 6.45) is 0.0413. The topological polar surface area (TPSA) is 51.2 Å². The van der Waals surface area contributed by atoms with Crippen molar-refractivity contribution in [1.29, 1.82) is 0 Å². The standard InChI is InChI=1S/C12H14BrClO3S/c1-3-12(14,18(16,17)4-2)11(15)9-5-7-10(13)8-6-9/h5-8H,3-4H2,1-2H3. The highest BCUT2D eigenvalue weighted by molar-refractivity contribution is 9.10. The number of Topliss-reactive ketones (excluding diaryl/α,β-unsaturated/α-hetero) is 1. The molecule has 6 heteroatoms. The molecular weight excluding hydrogens is 340 g/mol. The first-order chi connectivity index (χ1) is 8.28. The third kappa shape index (κ3) is 2.78. The minimum absolute atomic E-state index is 0.0413. The summed E-state index contributed by atoms with van der Waals surface area (Å²) in [5, 5.41) is 0. The van der Waals surface area contributed by atoms with Gasteiger partial charge in [-0.05, 0) is 18.6 Å². The number of sulfone groups is 1. The van der Waals surface area contributed by atoms with E-state index < -0.39 is 19.8 Å². The smallest absolute Gasteiger partial charge is 0.207 e. The van der Waals surface area contributed by atoms with Crippen molar-refractivity contribution in [2.24, 2.45) is 0 Å². The maximum atomic E-state index is 12.3. The monoisotopic (exact) mass is 352 g/mol. The van der Waals surface area contributed by atoms with Crippen molar-refractivity contribution >= 4 is 43.2 Å². The van der Waals surface area contributed by atoms with E-state index in [1.807, 2.05) is 0 Å². The Hall–Kier alpha value is -0.390. The molecule has 0 fully saturated rings. The van der Waals surface area contributed by atoms with Gasteiger partial charge in [0.05, 0.1) is 0 Å². The molecule has 0 heterocycles. The van der Waals surface area contributed by atoms with Crippen molar-refractivity contribution in [2.75, 3.05) is 5.75 Å². The van der Waals surface area contributed by atoms with E-state index >= 15 is 0 Å². The van der Waals surface area contributed by atoms with Crippen LogP contribution in [0.1, 0.15) is 30.6 Å². The fraction of sp³-hybridized carbons (Fsp3) is 0.417. The van der Waals surface area contributed by atoms with Crippen LogP contribution < -0.4 is 0 Å². The number of benzene rings is 1. The van der Waals surface area contributed by atoms with Crippen molar-refractivity contribution in [1.82, 2.24) is 0 Å². The lowest BCUT2D eigenvalue weighted by atomic mass is 10.1. The minimum Gasteiger partial charge on any atom is -0.291 e. The first kappa shape index (κ1) is 15.7. The van der Waals surface area contributed by atoms with Crippen LogP contribution in [-0.4, -0.2) is 24.2 Å². The molecule has 100 valence electrons. The summed E-state index contributed by atoms with van der Waals surface area (Å²) in [4.78, 5) is 12.3. The molecule has 3 nitrogen and oxygen atoms in total. The van der Waals surface area contributed by atoms with Crippen LogP contribution in [0, 0.1) is 0 Å². The van der Waals surface area contributed by atoms with Crippen LogP contribution >= 0.6 is 27.5 Å². The maximum Gasteiger partial charge on any atom is 0.207 e. The molecule has 18 heavy (non-hydrogen) atoms. The van der Waals surface area contributed by atoms with Gasteiger partial charge in [0, 0.05) is 15.8 Å². The van der Waals surface area contributed by atoms with Gasteiger partial charge >= 0.3 is 0 Å². The van der Waals surface area contributed by atoms with Gasteiger partial charge in [-0.1, -0.05) is 53.5 Å². The van der Waals surface area contributed by atoms with Crippen LogP contribution in [0.5, 0.6) is 0 Å². The molecule has 1 aromatic carbocycles. The lowest BCUT2D eigenvalue weighted by Gasteiger charge is -2.23. The van der Waals surface area contributed by atoms with Crippen LogP contribution in [0.4, 0.5) is 0 Å². The molecule has 0 aliphatic heterocycles. The fourth-order valence-electron chi connectivity index (χ4n) is 1.57. The molecule has 1 atom stereocenters. The third-order valence-corrected chi connectivity index (χ3v) is 6.67. The summed E-state index contributed by atoms with van der Waals surface area (Å²) < 4.78 is 22.9. The van der Waals surface area contributed by atoms with Crippen molar-refractivity contribution in [3.05, 3.63) is 34.3 Å². The average Bonchev–Trinajstić information content (AvgIpc) is 2.37. The van der Waals surface area contributed by atoms with Gasteiger partial charge in [-0.25, -0.2) is 8.42 Å². The molecule has 0 aromatic heterocycles. The predicted octanol–water partition coefficient (Wildman–Crippen LogP) is 3.41. The van der Waals surface area contributed by atoms with Crippen LogP contribution in [-0.2, 0) is 9.84 Å². The highest BCUT2D eigenvalue weighted by Crippen LogP contribution is 2.32. The van der Waals surface area contributed by atoms with E-state index in [0.717, 1.165) is 4.47 Å². The highest BCUT2D eigenvalue weighted by atomic mass is 79.9. The molecule has 0 radical (unpaired) electrons. The summed E-state index contributed by atoms with van der Waals surface area (Å²) in [6, 6.07) is 6.48. The molecule has 0 saturated heterocycles. The van der Waals surface area contributed by atoms with Crippen LogP contribution in [0.25, 0.3) is 0 Å². The highest BCUT2D eigenvalue weighted by Gasteiger charge is 2.46. The Bertz CT molecular complexity index is 539. The van der Waals surface area contributed by atoms with Gasteiger partial charge in [-0.15, -0.1) is 0 Å². The minimum atomic E-state index is -3.66. The molecule has 0 spiro atoms. The van der Waals surface area contributed by atoms with Gasteiger partial charge in [0.1, 0.15) is 0 Å². The molecule has 0 aliphatic carbocycles. The van der Waals surface area contributed by atoms with E-state index in [4.69, 9.17) is 11.6 Å². The quantitative estimate of drug-likeness (QED) is 0.602. The molecule has 0 amide bonds. The second-order valence-electron chi connectivity index (χ2n) is 3.82. The number of halogens is 2. The summed E-state index contributed by atoms with van der Waals surface area (Å²) in [6.45, 7) is 3.08. The molecular formula is C12H14BrClO3S. The van der Waals surface area contributed by atoms with Gasteiger partial charge in [-0.2, -0.15) is 0 Å². The van der Waals surface area contributed by atoms with Gasteiger partial charge in [0.2, 0.25) is 4.21 Å². The van der Waals surface area contributed by atoms with E-state index in [1.165, 1.54) is 6.92 Å². The molecule has 0 saturated carbocycles.